The number of carbonyl (C=O) groups is 1. The fourth-order valence-corrected chi connectivity index (χ4v) is 1.27. The van der Waals surface area contributed by atoms with Crippen LogP contribution in [0.3, 0.4) is 0 Å². The first-order valence-electron chi connectivity index (χ1n) is 5.32. The first-order chi connectivity index (χ1) is 8.24. The number of aromatic hydroxyl groups is 1. The Hall–Kier alpha value is -2.20. The van der Waals surface area contributed by atoms with Gasteiger partial charge in [0, 0.05) is 23.6 Å². The van der Waals surface area contributed by atoms with E-state index in [0.29, 0.717) is 18.7 Å². The van der Waals surface area contributed by atoms with Crippen molar-refractivity contribution in [3.8, 4) is 5.75 Å². The van der Waals surface area contributed by atoms with Crippen LogP contribution in [-0.4, -0.2) is 24.1 Å². The molecule has 17 heavy (non-hydrogen) atoms. The summed E-state index contributed by atoms with van der Waals surface area (Å²) in [5.41, 5.74) is 8.56. The highest BCUT2D eigenvalue weighted by atomic mass is 16.3. The standard InChI is InChI=1S/C11H14N4O2/c12-15-14-8-2-1-7-13-11(17)9-3-5-10(16)6-4-9/h3-6,16H,1-2,7-8H2,(H,13,17). The molecule has 0 saturated heterocycles. The topological polar surface area (TPSA) is 98.1 Å². The molecule has 0 aliphatic rings. The second-order valence-electron chi connectivity index (χ2n) is 3.46. The highest BCUT2D eigenvalue weighted by molar-refractivity contribution is 5.94. The number of unbranched alkanes of at least 4 members (excludes halogenated alkanes) is 1. The van der Waals surface area contributed by atoms with E-state index in [0.717, 1.165) is 12.8 Å². The molecule has 6 nitrogen and oxygen atoms in total. The average Bonchev–Trinajstić information content (AvgIpc) is 2.34. The third-order valence-electron chi connectivity index (χ3n) is 2.16. The van der Waals surface area contributed by atoms with Crippen LogP contribution in [0.1, 0.15) is 23.2 Å². The molecule has 0 aliphatic heterocycles. The van der Waals surface area contributed by atoms with Crippen LogP contribution in [0.5, 0.6) is 5.75 Å². The monoisotopic (exact) mass is 234 g/mol. The number of azide groups is 1. The van der Waals surface area contributed by atoms with Gasteiger partial charge in [0.1, 0.15) is 5.75 Å². The molecule has 1 amide bonds. The van der Waals surface area contributed by atoms with Gasteiger partial charge in [0.05, 0.1) is 0 Å². The molecule has 6 heteroatoms. The van der Waals surface area contributed by atoms with Gasteiger partial charge in [-0.05, 0) is 42.6 Å². The summed E-state index contributed by atoms with van der Waals surface area (Å²) in [4.78, 5) is 14.2. The van der Waals surface area contributed by atoms with E-state index in [1.165, 1.54) is 12.1 Å². The SMILES string of the molecule is [N-]=[N+]=NCCCCNC(=O)c1ccc(O)cc1. The van der Waals surface area contributed by atoms with Gasteiger partial charge >= 0.3 is 0 Å². The minimum absolute atomic E-state index is 0.135. The van der Waals surface area contributed by atoms with E-state index in [1.54, 1.807) is 12.1 Å². The molecule has 0 saturated carbocycles. The van der Waals surface area contributed by atoms with Gasteiger partial charge in [-0.25, -0.2) is 0 Å². The molecule has 90 valence electrons. The largest absolute Gasteiger partial charge is 0.508 e. The van der Waals surface area contributed by atoms with Gasteiger partial charge in [-0.2, -0.15) is 0 Å². The smallest absolute Gasteiger partial charge is 0.251 e. The van der Waals surface area contributed by atoms with E-state index >= 15 is 0 Å². The van der Waals surface area contributed by atoms with Gasteiger partial charge in [0.25, 0.3) is 5.91 Å². The summed E-state index contributed by atoms with van der Waals surface area (Å²) in [6.45, 7) is 0.992. The molecule has 2 N–H and O–H groups in total. The van der Waals surface area contributed by atoms with Crippen molar-refractivity contribution in [1.82, 2.24) is 5.32 Å². The number of hydrogen-bond acceptors (Lipinski definition) is 3. The van der Waals surface area contributed by atoms with Gasteiger partial charge < -0.3 is 10.4 Å². The summed E-state index contributed by atoms with van der Waals surface area (Å²) in [5, 5.41) is 15.2. The van der Waals surface area contributed by atoms with E-state index in [1.807, 2.05) is 0 Å². The van der Waals surface area contributed by atoms with Crippen molar-refractivity contribution in [1.29, 1.82) is 0 Å². The maximum absolute atomic E-state index is 11.6. The van der Waals surface area contributed by atoms with Crippen molar-refractivity contribution in [2.75, 3.05) is 13.1 Å². The lowest BCUT2D eigenvalue weighted by atomic mass is 10.2. The number of amides is 1. The molecule has 1 rings (SSSR count). The Kier molecular flexibility index (Phi) is 5.40. The maximum atomic E-state index is 11.6. The zero-order chi connectivity index (χ0) is 12.5. The molecule has 1 aromatic carbocycles. The molecule has 0 aliphatic carbocycles. The molecular formula is C11H14N4O2. The molecule has 0 bridgehead atoms. The van der Waals surface area contributed by atoms with Crippen molar-refractivity contribution in [2.24, 2.45) is 5.11 Å². The van der Waals surface area contributed by atoms with Crippen molar-refractivity contribution < 1.29 is 9.90 Å². The predicted molar refractivity (Wildman–Crippen MR) is 63.7 cm³/mol. The van der Waals surface area contributed by atoms with Crippen molar-refractivity contribution >= 4 is 5.91 Å². The van der Waals surface area contributed by atoms with Crippen LogP contribution < -0.4 is 5.32 Å². The van der Waals surface area contributed by atoms with Crippen LogP contribution in [0.15, 0.2) is 29.4 Å². The van der Waals surface area contributed by atoms with Crippen LogP contribution in [0.4, 0.5) is 0 Å². The summed E-state index contributed by atoms with van der Waals surface area (Å²) >= 11 is 0. The Balaban J connectivity index is 2.25. The summed E-state index contributed by atoms with van der Waals surface area (Å²) in [5.74, 6) is -0.0373. The van der Waals surface area contributed by atoms with Gasteiger partial charge in [-0.3, -0.25) is 4.79 Å². The van der Waals surface area contributed by atoms with E-state index in [-0.39, 0.29) is 11.7 Å². The minimum Gasteiger partial charge on any atom is -0.508 e. The van der Waals surface area contributed by atoms with E-state index < -0.39 is 0 Å². The van der Waals surface area contributed by atoms with Crippen molar-refractivity contribution in [2.45, 2.75) is 12.8 Å². The Labute approximate surface area is 98.9 Å². The second kappa shape index (κ2) is 7.14. The first kappa shape index (κ1) is 12.9. The second-order valence-corrected chi connectivity index (χ2v) is 3.46. The predicted octanol–water partition coefficient (Wildman–Crippen LogP) is 2.21. The zero-order valence-electron chi connectivity index (χ0n) is 9.33. The Morgan fingerprint density at radius 1 is 1.35 bits per heavy atom. The van der Waals surface area contributed by atoms with E-state index in [9.17, 15) is 4.79 Å². The Morgan fingerprint density at radius 3 is 2.71 bits per heavy atom. The average molecular weight is 234 g/mol. The molecule has 0 fully saturated rings. The fourth-order valence-electron chi connectivity index (χ4n) is 1.27. The number of nitrogens with one attached hydrogen (secondary N) is 1. The highest BCUT2D eigenvalue weighted by Crippen LogP contribution is 2.09. The van der Waals surface area contributed by atoms with Gasteiger partial charge in [-0.1, -0.05) is 5.11 Å². The quantitative estimate of drug-likeness (QED) is 0.341. The number of hydrogen-bond donors (Lipinski definition) is 2. The van der Waals surface area contributed by atoms with Crippen LogP contribution in [0, 0.1) is 0 Å². The number of carbonyl (C=O) groups excluding carboxylic acids is 1. The van der Waals surface area contributed by atoms with Crippen LogP contribution >= 0.6 is 0 Å². The lowest BCUT2D eigenvalue weighted by molar-refractivity contribution is 0.0953. The van der Waals surface area contributed by atoms with Gasteiger partial charge in [0.15, 0.2) is 0 Å². The molecule has 0 atom stereocenters. The molecule has 0 heterocycles. The normalized spacial score (nSPS) is 9.41. The fraction of sp³-hybridized carbons (Fsp3) is 0.364. The van der Waals surface area contributed by atoms with Crippen LogP contribution in [0.2, 0.25) is 0 Å². The first-order valence-corrected chi connectivity index (χ1v) is 5.32. The Bertz CT molecular complexity index is 410. The number of benzene rings is 1. The van der Waals surface area contributed by atoms with Crippen LogP contribution in [-0.2, 0) is 0 Å². The number of phenolic OH excluding ortho intramolecular Hbond substituents is 1. The summed E-state index contributed by atoms with van der Waals surface area (Å²) in [6, 6.07) is 6.06. The molecule has 0 unspecified atom stereocenters. The summed E-state index contributed by atoms with van der Waals surface area (Å²) in [7, 11) is 0. The molecule has 0 spiro atoms. The van der Waals surface area contributed by atoms with E-state index in [2.05, 4.69) is 15.3 Å². The molecule has 0 radical (unpaired) electrons. The van der Waals surface area contributed by atoms with Crippen molar-refractivity contribution in [3.05, 3.63) is 40.3 Å². The zero-order valence-corrected chi connectivity index (χ0v) is 9.33. The summed E-state index contributed by atoms with van der Waals surface area (Å²) in [6.07, 6.45) is 1.52. The third kappa shape index (κ3) is 4.90. The molecular weight excluding hydrogens is 220 g/mol. The van der Waals surface area contributed by atoms with Crippen LogP contribution in [0.25, 0.3) is 10.4 Å². The van der Waals surface area contributed by atoms with Gasteiger partial charge in [-0.15, -0.1) is 0 Å². The lowest BCUT2D eigenvalue weighted by Gasteiger charge is -2.04. The van der Waals surface area contributed by atoms with Crippen molar-refractivity contribution in [3.63, 3.8) is 0 Å². The highest BCUT2D eigenvalue weighted by Gasteiger charge is 2.03. The lowest BCUT2D eigenvalue weighted by Crippen LogP contribution is -2.24. The third-order valence-corrected chi connectivity index (χ3v) is 2.16. The molecule has 0 aromatic heterocycles. The maximum Gasteiger partial charge on any atom is 0.251 e. The number of nitrogens with zero attached hydrogens (tertiary/aromatic N) is 3. The molecule has 1 aromatic rings. The minimum atomic E-state index is -0.172. The number of rotatable bonds is 6. The van der Waals surface area contributed by atoms with Gasteiger partial charge in [0.2, 0.25) is 0 Å². The number of phenols is 1. The Morgan fingerprint density at radius 2 is 2.06 bits per heavy atom. The summed E-state index contributed by atoms with van der Waals surface area (Å²) < 4.78 is 0. The van der Waals surface area contributed by atoms with E-state index in [4.69, 9.17) is 10.6 Å².